The minimum atomic E-state index is -0.884. The van der Waals surface area contributed by atoms with Gasteiger partial charge in [0.05, 0.1) is 45.3 Å². The molecule has 0 aliphatic carbocycles. The van der Waals surface area contributed by atoms with Crippen LogP contribution in [0, 0.1) is 27.7 Å². The van der Waals surface area contributed by atoms with E-state index in [1.54, 1.807) is 38.3 Å². The van der Waals surface area contributed by atoms with E-state index in [-0.39, 0.29) is 11.5 Å². The maximum absolute atomic E-state index is 13.7. The minimum absolute atomic E-state index is 0.000246. The van der Waals surface area contributed by atoms with Gasteiger partial charge in [-0.25, -0.2) is 9.97 Å². The lowest BCUT2D eigenvalue weighted by Gasteiger charge is -2.24. The molecule has 0 spiro atoms. The molecule has 2 N–H and O–H groups in total. The van der Waals surface area contributed by atoms with Gasteiger partial charge < -0.3 is 14.8 Å². The van der Waals surface area contributed by atoms with Gasteiger partial charge in [0, 0.05) is 0 Å². The molecule has 9 heteroatoms. The van der Waals surface area contributed by atoms with Gasteiger partial charge in [-0.1, -0.05) is 12.1 Å². The predicted octanol–water partition coefficient (Wildman–Crippen LogP) is 5.04. The van der Waals surface area contributed by atoms with E-state index in [0.29, 0.717) is 27.4 Å². The number of ketones is 1. The summed E-state index contributed by atoms with van der Waals surface area (Å²) in [6, 6.07) is 10.1. The topological polar surface area (TPSA) is 108 Å². The molecule has 0 saturated heterocycles. The fraction of sp³-hybridized carbons (Fsp3) is 0.231. The zero-order valence-corrected chi connectivity index (χ0v) is 20.8. The van der Waals surface area contributed by atoms with Crippen molar-refractivity contribution >= 4 is 40.0 Å². The van der Waals surface area contributed by atoms with E-state index in [0.717, 1.165) is 21.7 Å². The monoisotopic (exact) mass is 488 g/mol. The SMILES string of the molecule is COc1ccc(C2C(C(=O)c3sc(C)nc3C)=C(O)C(=O)N2c2nc3cc(C)c(C)cc3[nH]2)cc1. The number of nitrogens with zero attached hydrogens (tertiary/aromatic N) is 3. The molecule has 8 nitrogen and oxygen atoms in total. The highest BCUT2D eigenvalue weighted by Crippen LogP contribution is 2.42. The van der Waals surface area contributed by atoms with Gasteiger partial charge in [0.15, 0.2) is 5.76 Å². The fourth-order valence-electron chi connectivity index (χ4n) is 4.39. The van der Waals surface area contributed by atoms with Gasteiger partial charge in [-0.3, -0.25) is 14.5 Å². The molecule has 2 aromatic carbocycles. The Morgan fingerprint density at radius 3 is 2.40 bits per heavy atom. The summed E-state index contributed by atoms with van der Waals surface area (Å²) in [6.07, 6.45) is 0. The number of thiazole rings is 1. The molecular formula is C26H24N4O4S. The third kappa shape index (κ3) is 3.68. The van der Waals surface area contributed by atoms with E-state index in [4.69, 9.17) is 4.74 Å². The average Bonchev–Trinajstić information content (AvgIpc) is 3.47. The summed E-state index contributed by atoms with van der Waals surface area (Å²) < 4.78 is 5.28. The van der Waals surface area contributed by atoms with Crippen LogP contribution in [0.4, 0.5) is 5.95 Å². The Bertz CT molecular complexity index is 1490. The second kappa shape index (κ2) is 8.35. The number of hydrogen-bond acceptors (Lipinski definition) is 7. The van der Waals surface area contributed by atoms with E-state index < -0.39 is 23.5 Å². The number of aromatic amines is 1. The number of carbonyl (C=O) groups is 2. The van der Waals surface area contributed by atoms with Crippen LogP contribution < -0.4 is 9.64 Å². The van der Waals surface area contributed by atoms with Crippen LogP contribution in [0.2, 0.25) is 0 Å². The average molecular weight is 489 g/mol. The van der Waals surface area contributed by atoms with E-state index in [1.165, 1.54) is 16.2 Å². The number of aliphatic hydroxyl groups is 1. The van der Waals surface area contributed by atoms with Crippen molar-refractivity contribution in [1.29, 1.82) is 0 Å². The summed E-state index contributed by atoms with van der Waals surface area (Å²) in [5.74, 6) is -0.823. The highest BCUT2D eigenvalue weighted by molar-refractivity contribution is 7.14. The molecule has 2 aromatic heterocycles. The minimum Gasteiger partial charge on any atom is -0.503 e. The van der Waals surface area contributed by atoms with Crippen LogP contribution in [0.1, 0.15) is 43.1 Å². The van der Waals surface area contributed by atoms with Crippen LogP contribution in [0.5, 0.6) is 5.75 Å². The van der Waals surface area contributed by atoms with Crippen molar-refractivity contribution in [1.82, 2.24) is 15.0 Å². The van der Waals surface area contributed by atoms with Crippen molar-refractivity contribution in [2.24, 2.45) is 0 Å². The lowest BCUT2D eigenvalue weighted by atomic mass is 9.95. The van der Waals surface area contributed by atoms with Gasteiger partial charge in [0.2, 0.25) is 11.7 Å². The largest absolute Gasteiger partial charge is 0.503 e. The Balaban J connectivity index is 1.68. The number of imidazole rings is 1. The molecule has 35 heavy (non-hydrogen) atoms. The first kappa shape index (κ1) is 22.8. The van der Waals surface area contributed by atoms with Crippen LogP contribution in [0.15, 0.2) is 47.7 Å². The van der Waals surface area contributed by atoms with Crippen LogP contribution >= 0.6 is 11.3 Å². The summed E-state index contributed by atoms with van der Waals surface area (Å²) in [5, 5.41) is 11.7. The van der Waals surface area contributed by atoms with Crippen molar-refractivity contribution in [2.75, 3.05) is 12.0 Å². The van der Waals surface area contributed by atoms with E-state index in [1.807, 2.05) is 32.9 Å². The Labute approximate surface area is 205 Å². The first-order valence-electron chi connectivity index (χ1n) is 11.1. The Kier molecular flexibility index (Phi) is 5.44. The van der Waals surface area contributed by atoms with E-state index >= 15 is 0 Å². The number of fused-ring (bicyclic) bond motifs is 1. The number of ether oxygens (including phenoxy) is 1. The van der Waals surface area contributed by atoms with Crippen molar-refractivity contribution < 1.29 is 19.4 Å². The summed E-state index contributed by atoms with van der Waals surface area (Å²) in [6.45, 7) is 7.55. The Hall–Kier alpha value is -3.98. The number of methoxy groups -OCH3 is 1. The molecule has 178 valence electrons. The van der Waals surface area contributed by atoms with Crippen molar-refractivity contribution in [3.05, 3.63) is 80.0 Å². The molecule has 3 heterocycles. The van der Waals surface area contributed by atoms with Crippen molar-refractivity contribution in [3.8, 4) is 5.75 Å². The summed E-state index contributed by atoms with van der Waals surface area (Å²) in [7, 11) is 1.56. The molecule has 1 aliphatic heterocycles. The number of amides is 1. The molecule has 4 aromatic rings. The molecule has 0 radical (unpaired) electrons. The number of anilines is 1. The van der Waals surface area contributed by atoms with Gasteiger partial charge >= 0.3 is 0 Å². The number of aryl methyl sites for hydroxylation is 4. The van der Waals surface area contributed by atoms with Crippen LogP contribution in [0.25, 0.3) is 11.0 Å². The molecule has 1 atom stereocenters. The smallest absolute Gasteiger partial charge is 0.296 e. The molecule has 0 saturated carbocycles. The number of rotatable bonds is 5. The fourth-order valence-corrected chi connectivity index (χ4v) is 5.27. The van der Waals surface area contributed by atoms with Crippen LogP contribution in [-0.2, 0) is 4.79 Å². The van der Waals surface area contributed by atoms with E-state index in [9.17, 15) is 14.7 Å². The second-order valence-electron chi connectivity index (χ2n) is 8.60. The number of Topliss-reactive ketones (excluding diaryl/α,β-unsaturated/α-hetero) is 1. The Morgan fingerprint density at radius 2 is 1.77 bits per heavy atom. The van der Waals surface area contributed by atoms with Gasteiger partial charge in [-0.05, 0) is 68.7 Å². The normalized spacial score (nSPS) is 16.0. The quantitative estimate of drug-likeness (QED) is 0.381. The standard InChI is InChI=1S/C26H24N4O4S/c1-12-10-18-19(11-13(12)2)29-26(28-18)30-21(16-6-8-17(34-5)9-7-16)20(23(32)25(30)33)22(31)24-14(3)27-15(4)35-24/h6-11,21,32H,1-5H3,(H,28,29). The lowest BCUT2D eigenvalue weighted by Crippen LogP contribution is -2.32. The first-order chi connectivity index (χ1) is 16.7. The number of aliphatic hydroxyl groups excluding tert-OH is 1. The second-order valence-corrected chi connectivity index (χ2v) is 9.81. The molecule has 1 amide bonds. The summed E-state index contributed by atoms with van der Waals surface area (Å²) >= 11 is 1.24. The first-order valence-corrected chi connectivity index (χ1v) is 11.9. The third-order valence-corrected chi connectivity index (χ3v) is 7.38. The highest BCUT2D eigenvalue weighted by Gasteiger charge is 2.46. The van der Waals surface area contributed by atoms with E-state index in [2.05, 4.69) is 15.0 Å². The number of nitrogens with one attached hydrogen (secondary N) is 1. The highest BCUT2D eigenvalue weighted by atomic mass is 32.1. The maximum atomic E-state index is 13.7. The maximum Gasteiger partial charge on any atom is 0.296 e. The van der Waals surface area contributed by atoms with Gasteiger partial charge in [-0.15, -0.1) is 11.3 Å². The van der Waals surface area contributed by atoms with Crippen LogP contribution in [-0.4, -0.2) is 38.9 Å². The zero-order chi connectivity index (χ0) is 25.0. The van der Waals surface area contributed by atoms with Crippen molar-refractivity contribution in [2.45, 2.75) is 33.7 Å². The number of aromatic nitrogens is 3. The molecule has 0 fully saturated rings. The van der Waals surface area contributed by atoms with Gasteiger partial charge in [0.1, 0.15) is 5.75 Å². The van der Waals surface area contributed by atoms with Gasteiger partial charge in [0.25, 0.3) is 5.91 Å². The Morgan fingerprint density at radius 1 is 1.09 bits per heavy atom. The van der Waals surface area contributed by atoms with Crippen molar-refractivity contribution in [3.63, 3.8) is 0 Å². The summed E-state index contributed by atoms with van der Waals surface area (Å²) in [4.78, 5) is 41.1. The lowest BCUT2D eigenvalue weighted by molar-refractivity contribution is -0.117. The van der Waals surface area contributed by atoms with Gasteiger partial charge in [-0.2, -0.15) is 0 Å². The molecule has 0 bridgehead atoms. The third-order valence-electron chi connectivity index (χ3n) is 6.31. The summed E-state index contributed by atoms with van der Waals surface area (Å²) in [5.41, 5.74) is 4.81. The number of H-pyrrole nitrogens is 1. The predicted molar refractivity (Wildman–Crippen MR) is 134 cm³/mol. The van der Waals surface area contributed by atoms with Crippen LogP contribution in [0.3, 0.4) is 0 Å². The number of hydrogen-bond donors (Lipinski definition) is 2. The molecular weight excluding hydrogens is 464 g/mol. The molecule has 1 aliphatic rings. The number of benzene rings is 2. The zero-order valence-electron chi connectivity index (χ0n) is 20.0. The number of carbonyl (C=O) groups excluding carboxylic acids is 2. The molecule has 1 unspecified atom stereocenters. The molecule has 5 rings (SSSR count).